The molecule has 0 spiro atoms. The van der Waals surface area contributed by atoms with Crippen LogP contribution in [0.25, 0.3) is 0 Å². The number of hydrogen-bond donors (Lipinski definition) is 1. The fourth-order valence-corrected chi connectivity index (χ4v) is 2.12. The molecule has 1 aromatic heterocycles. The molecule has 0 aromatic carbocycles. The lowest BCUT2D eigenvalue weighted by atomic mass is 10.2. The van der Waals surface area contributed by atoms with Crippen LogP contribution in [0.1, 0.15) is 29.8 Å². The minimum atomic E-state index is -0.631. The van der Waals surface area contributed by atoms with Crippen molar-refractivity contribution in [3.8, 4) is 0 Å². The number of ether oxygens (including phenoxy) is 1. The van der Waals surface area contributed by atoms with Crippen molar-refractivity contribution in [2.45, 2.75) is 19.3 Å². The van der Waals surface area contributed by atoms with Crippen molar-refractivity contribution in [1.82, 2.24) is 10.0 Å². The number of nitrogens with zero attached hydrogens (tertiary/aromatic N) is 2. The maximum absolute atomic E-state index is 12.0. The van der Waals surface area contributed by atoms with Crippen LogP contribution in [0.4, 0.5) is 10.5 Å². The van der Waals surface area contributed by atoms with E-state index in [2.05, 4.69) is 15.0 Å². The molecule has 114 valence electrons. The number of halogens is 1. The summed E-state index contributed by atoms with van der Waals surface area (Å²) in [5.74, 6) is -0.631. The van der Waals surface area contributed by atoms with E-state index >= 15 is 0 Å². The Labute approximate surface area is 127 Å². The molecule has 0 radical (unpaired) electrons. The van der Waals surface area contributed by atoms with Gasteiger partial charge < -0.3 is 10.1 Å². The molecule has 2 amide bonds. The fourth-order valence-electron chi connectivity index (χ4n) is 1.87. The SMILES string of the molecule is COC(=O)c1ncc(NC(=O)N2CCCCCO2)cc1Cl. The van der Waals surface area contributed by atoms with Crippen LogP contribution in [0.3, 0.4) is 0 Å². The van der Waals surface area contributed by atoms with Gasteiger partial charge in [-0.1, -0.05) is 11.6 Å². The normalized spacial score (nSPS) is 15.2. The van der Waals surface area contributed by atoms with Crippen molar-refractivity contribution in [2.75, 3.05) is 25.6 Å². The van der Waals surface area contributed by atoms with Gasteiger partial charge in [0.1, 0.15) is 0 Å². The van der Waals surface area contributed by atoms with E-state index in [1.54, 1.807) is 0 Å². The third kappa shape index (κ3) is 4.05. The van der Waals surface area contributed by atoms with Crippen molar-refractivity contribution >= 4 is 29.3 Å². The highest BCUT2D eigenvalue weighted by Gasteiger charge is 2.18. The summed E-state index contributed by atoms with van der Waals surface area (Å²) in [6, 6.07) is 1.05. The molecule has 1 aliphatic heterocycles. The third-order valence-electron chi connectivity index (χ3n) is 2.95. The zero-order valence-electron chi connectivity index (χ0n) is 11.6. The lowest BCUT2D eigenvalue weighted by Gasteiger charge is -2.19. The quantitative estimate of drug-likeness (QED) is 0.848. The minimum absolute atomic E-state index is 0.00295. The van der Waals surface area contributed by atoms with E-state index in [-0.39, 0.29) is 16.7 Å². The number of rotatable bonds is 2. The molecule has 0 bridgehead atoms. The minimum Gasteiger partial charge on any atom is -0.464 e. The summed E-state index contributed by atoms with van der Waals surface area (Å²) >= 11 is 5.94. The standard InChI is InChI=1S/C13H16ClN3O4/c1-20-12(18)11-10(14)7-9(8-15-11)16-13(19)17-5-3-2-4-6-21-17/h7-8H,2-6H2,1H3,(H,16,19). The largest absolute Gasteiger partial charge is 0.464 e. The van der Waals surface area contributed by atoms with Crippen LogP contribution in [-0.2, 0) is 9.57 Å². The van der Waals surface area contributed by atoms with Crippen LogP contribution >= 0.6 is 11.6 Å². The third-order valence-corrected chi connectivity index (χ3v) is 3.24. The predicted molar refractivity (Wildman–Crippen MR) is 76.1 cm³/mol. The lowest BCUT2D eigenvalue weighted by Crippen LogP contribution is -2.35. The number of amides is 2. The van der Waals surface area contributed by atoms with E-state index in [9.17, 15) is 9.59 Å². The molecule has 1 aliphatic rings. The first kappa shape index (κ1) is 15.5. The van der Waals surface area contributed by atoms with Gasteiger partial charge in [0.25, 0.3) is 0 Å². The second kappa shape index (κ2) is 7.24. The number of methoxy groups -OCH3 is 1. The average molecular weight is 314 g/mol. The number of anilines is 1. The van der Waals surface area contributed by atoms with Gasteiger partial charge >= 0.3 is 12.0 Å². The number of pyridine rings is 1. The van der Waals surface area contributed by atoms with Gasteiger partial charge in [0.2, 0.25) is 0 Å². The van der Waals surface area contributed by atoms with E-state index in [1.165, 1.54) is 24.4 Å². The molecule has 0 atom stereocenters. The summed E-state index contributed by atoms with van der Waals surface area (Å²) in [6.07, 6.45) is 4.21. The molecule has 1 fully saturated rings. The molecule has 1 saturated heterocycles. The molecular formula is C13H16ClN3O4. The Morgan fingerprint density at radius 1 is 1.43 bits per heavy atom. The molecule has 1 N–H and O–H groups in total. The van der Waals surface area contributed by atoms with Crippen LogP contribution in [0.2, 0.25) is 5.02 Å². The van der Waals surface area contributed by atoms with Gasteiger partial charge in [-0.2, -0.15) is 0 Å². The number of hydroxylamine groups is 2. The van der Waals surface area contributed by atoms with E-state index in [4.69, 9.17) is 16.4 Å². The first-order chi connectivity index (χ1) is 10.1. The van der Waals surface area contributed by atoms with Gasteiger partial charge in [0, 0.05) is 0 Å². The zero-order chi connectivity index (χ0) is 15.2. The summed E-state index contributed by atoms with van der Waals surface area (Å²) in [4.78, 5) is 32.6. The molecule has 0 aliphatic carbocycles. The highest BCUT2D eigenvalue weighted by atomic mass is 35.5. The summed E-state index contributed by atoms with van der Waals surface area (Å²) in [6.45, 7) is 1.06. The van der Waals surface area contributed by atoms with Crippen LogP contribution in [0, 0.1) is 0 Å². The van der Waals surface area contributed by atoms with Crippen molar-refractivity contribution in [3.05, 3.63) is 23.0 Å². The molecule has 2 heterocycles. The number of aromatic nitrogens is 1. The van der Waals surface area contributed by atoms with E-state index in [0.29, 0.717) is 18.8 Å². The second-order valence-corrected chi connectivity index (χ2v) is 4.88. The fraction of sp³-hybridized carbons (Fsp3) is 0.462. The predicted octanol–water partition coefficient (Wildman–Crippen LogP) is 2.47. The summed E-state index contributed by atoms with van der Waals surface area (Å²) in [5.41, 5.74) is 0.383. The van der Waals surface area contributed by atoms with E-state index < -0.39 is 5.97 Å². The number of carbonyl (C=O) groups excluding carboxylic acids is 2. The number of hydrogen-bond acceptors (Lipinski definition) is 5. The van der Waals surface area contributed by atoms with E-state index in [0.717, 1.165) is 19.3 Å². The van der Waals surface area contributed by atoms with Gasteiger partial charge in [-0.3, -0.25) is 4.84 Å². The number of nitrogens with one attached hydrogen (secondary N) is 1. The molecule has 8 heteroatoms. The Morgan fingerprint density at radius 2 is 2.24 bits per heavy atom. The van der Waals surface area contributed by atoms with Crippen LogP contribution < -0.4 is 5.32 Å². The Morgan fingerprint density at radius 3 is 2.95 bits per heavy atom. The number of carbonyl (C=O) groups is 2. The van der Waals surface area contributed by atoms with Crippen molar-refractivity contribution in [1.29, 1.82) is 0 Å². The maximum Gasteiger partial charge on any atom is 0.358 e. The van der Waals surface area contributed by atoms with Crippen LogP contribution in [0.15, 0.2) is 12.3 Å². The Kier molecular flexibility index (Phi) is 5.35. The maximum atomic E-state index is 12.0. The summed E-state index contributed by atoms with van der Waals surface area (Å²) in [7, 11) is 1.24. The molecule has 2 rings (SSSR count). The lowest BCUT2D eigenvalue weighted by molar-refractivity contribution is -0.104. The first-order valence-corrected chi connectivity index (χ1v) is 6.95. The van der Waals surface area contributed by atoms with Crippen molar-refractivity contribution < 1.29 is 19.2 Å². The average Bonchev–Trinajstić information content (AvgIpc) is 2.75. The Balaban J connectivity index is 2.03. The van der Waals surface area contributed by atoms with E-state index in [1.807, 2.05) is 0 Å². The molecule has 0 saturated carbocycles. The highest BCUT2D eigenvalue weighted by molar-refractivity contribution is 6.33. The Bertz CT molecular complexity index is 530. The van der Waals surface area contributed by atoms with Gasteiger partial charge in [0.05, 0.1) is 37.2 Å². The van der Waals surface area contributed by atoms with Gasteiger partial charge in [-0.05, 0) is 25.3 Å². The van der Waals surface area contributed by atoms with Crippen LogP contribution in [-0.4, -0.2) is 42.3 Å². The smallest absolute Gasteiger partial charge is 0.358 e. The number of esters is 1. The van der Waals surface area contributed by atoms with Gasteiger partial charge in [-0.15, -0.1) is 0 Å². The van der Waals surface area contributed by atoms with Crippen LogP contribution in [0.5, 0.6) is 0 Å². The monoisotopic (exact) mass is 313 g/mol. The van der Waals surface area contributed by atoms with Gasteiger partial charge in [0.15, 0.2) is 5.69 Å². The van der Waals surface area contributed by atoms with Crippen molar-refractivity contribution in [3.63, 3.8) is 0 Å². The second-order valence-electron chi connectivity index (χ2n) is 4.47. The Hall–Kier alpha value is -1.86. The molecule has 0 unspecified atom stereocenters. The van der Waals surface area contributed by atoms with Crippen molar-refractivity contribution in [2.24, 2.45) is 0 Å². The molecule has 1 aromatic rings. The topological polar surface area (TPSA) is 80.8 Å². The molecule has 7 nitrogen and oxygen atoms in total. The van der Waals surface area contributed by atoms with Gasteiger partial charge in [-0.25, -0.2) is 19.6 Å². The first-order valence-electron chi connectivity index (χ1n) is 6.57. The highest BCUT2D eigenvalue weighted by Crippen LogP contribution is 2.20. The molecular weight excluding hydrogens is 298 g/mol. The summed E-state index contributed by atoms with van der Waals surface area (Å²) < 4.78 is 4.55. The summed E-state index contributed by atoms with van der Waals surface area (Å²) in [5, 5.41) is 4.02. The number of urea groups is 1. The zero-order valence-corrected chi connectivity index (χ0v) is 12.4. The molecule has 21 heavy (non-hydrogen) atoms.